The molecule has 2 fully saturated rings. The van der Waals surface area contributed by atoms with E-state index >= 15 is 0 Å². The molecule has 0 aromatic heterocycles. The maximum Gasteiger partial charge on any atom is 0.307 e. The zero-order valence-electron chi connectivity index (χ0n) is 15.7. The SMILES string of the molecule is COC(=O)C[C@@H]1CCCCN1CC(=O)Nc1ccccc1C(=O)NC1CC1. The first-order chi connectivity index (χ1) is 13.1. The molecule has 1 aromatic carbocycles. The van der Waals surface area contributed by atoms with E-state index in [4.69, 9.17) is 4.74 Å². The van der Waals surface area contributed by atoms with E-state index in [-0.39, 0.29) is 36.4 Å². The Kier molecular flexibility index (Phi) is 6.45. The molecule has 1 heterocycles. The van der Waals surface area contributed by atoms with Crippen molar-refractivity contribution in [1.29, 1.82) is 0 Å². The van der Waals surface area contributed by atoms with Crippen LogP contribution in [0.4, 0.5) is 5.69 Å². The van der Waals surface area contributed by atoms with Crippen molar-refractivity contribution in [3.8, 4) is 0 Å². The summed E-state index contributed by atoms with van der Waals surface area (Å²) in [6.45, 7) is 0.971. The van der Waals surface area contributed by atoms with Gasteiger partial charge in [-0.25, -0.2) is 0 Å². The molecule has 0 radical (unpaired) electrons. The molecule has 1 atom stereocenters. The average Bonchev–Trinajstić information content (AvgIpc) is 3.47. The normalized spacial score (nSPS) is 20.0. The molecule has 2 amide bonds. The molecule has 7 heteroatoms. The summed E-state index contributed by atoms with van der Waals surface area (Å²) < 4.78 is 4.77. The van der Waals surface area contributed by atoms with Gasteiger partial charge in [-0.15, -0.1) is 0 Å². The molecule has 2 N–H and O–H groups in total. The van der Waals surface area contributed by atoms with Crippen molar-refractivity contribution in [2.45, 2.75) is 50.6 Å². The van der Waals surface area contributed by atoms with Gasteiger partial charge in [0.2, 0.25) is 5.91 Å². The predicted molar refractivity (Wildman–Crippen MR) is 101 cm³/mol. The van der Waals surface area contributed by atoms with Gasteiger partial charge in [0, 0.05) is 12.1 Å². The molecule has 0 spiro atoms. The lowest BCUT2D eigenvalue weighted by atomic mass is 9.99. The van der Waals surface area contributed by atoms with Crippen LogP contribution in [-0.2, 0) is 14.3 Å². The number of benzene rings is 1. The van der Waals surface area contributed by atoms with Gasteiger partial charge in [0.15, 0.2) is 0 Å². The lowest BCUT2D eigenvalue weighted by Gasteiger charge is -2.34. The zero-order chi connectivity index (χ0) is 19.2. The number of carbonyl (C=O) groups is 3. The minimum absolute atomic E-state index is 0.0189. The molecule has 7 nitrogen and oxygen atoms in total. The maximum absolute atomic E-state index is 12.6. The van der Waals surface area contributed by atoms with Crippen LogP contribution in [0.3, 0.4) is 0 Å². The maximum atomic E-state index is 12.6. The Balaban J connectivity index is 1.61. The van der Waals surface area contributed by atoms with Crippen LogP contribution in [0.15, 0.2) is 24.3 Å². The molecule has 3 rings (SSSR count). The van der Waals surface area contributed by atoms with Crippen LogP contribution in [0.1, 0.15) is 48.9 Å². The van der Waals surface area contributed by atoms with E-state index in [0.717, 1.165) is 38.6 Å². The molecular formula is C20H27N3O4. The Morgan fingerprint density at radius 3 is 2.67 bits per heavy atom. The fourth-order valence-electron chi connectivity index (χ4n) is 3.43. The summed E-state index contributed by atoms with van der Waals surface area (Å²) in [6, 6.07) is 7.31. The van der Waals surface area contributed by atoms with E-state index in [1.165, 1.54) is 7.11 Å². The standard InChI is InChI=1S/C20H27N3O4/c1-27-19(25)12-15-6-4-5-11-23(15)13-18(24)22-17-8-3-2-7-16(17)20(26)21-14-9-10-14/h2-3,7-8,14-15H,4-6,9-13H2,1H3,(H,21,26)(H,22,24)/t15-/m0/s1. The highest BCUT2D eigenvalue weighted by molar-refractivity contribution is 6.04. The van der Waals surface area contributed by atoms with Gasteiger partial charge in [-0.2, -0.15) is 0 Å². The molecule has 1 saturated carbocycles. The fourth-order valence-corrected chi connectivity index (χ4v) is 3.43. The highest BCUT2D eigenvalue weighted by atomic mass is 16.5. The van der Waals surface area contributed by atoms with Crippen molar-refractivity contribution in [3.05, 3.63) is 29.8 Å². The number of amides is 2. The summed E-state index contributed by atoms with van der Waals surface area (Å²) in [4.78, 5) is 38.6. The molecular weight excluding hydrogens is 346 g/mol. The lowest BCUT2D eigenvalue weighted by Crippen LogP contribution is -2.45. The average molecular weight is 373 g/mol. The Labute approximate surface area is 159 Å². The van der Waals surface area contributed by atoms with Crippen LogP contribution in [0.5, 0.6) is 0 Å². The first-order valence-corrected chi connectivity index (χ1v) is 9.57. The van der Waals surface area contributed by atoms with Crippen LogP contribution in [-0.4, -0.2) is 55.0 Å². The van der Waals surface area contributed by atoms with E-state index in [9.17, 15) is 14.4 Å². The number of ether oxygens (including phenoxy) is 1. The second-order valence-electron chi connectivity index (χ2n) is 7.24. The van der Waals surface area contributed by atoms with E-state index < -0.39 is 0 Å². The number of piperidine rings is 1. The number of hydrogen-bond acceptors (Lipinski definition) is 5. The number of hydrogen-bond donors (Lipinski definition) is 2. The molecule has 2 aliphatic rings. The minimum atomic E-state index is -0.255. The van der Waals surface area contributed by atoms with Gasteiger partial charge in [-0.3, -0.25) is 19.3 Å². The highest BCUT2D eigenvalue weighted by Crippen LogP contribution is 2.22. The number of likely N-dealkylation sites (tertiary alicyclic amines) is 1. The molecule has 27 heavy (non-hydrogen) atoms. The summed E-state index contributed by atoms with van der Waals surface area (Å²) in [6.07, 6.45) is 5.25. The van der Waals surface area contributed by atoms with Crippen molar-refractivity contribution in [2.75, 3.05) is 25.5 Å². The second kappa shape index (κ2) is 8.99. The van der Waals surface area contributed by atoms with Crippen molar-refractivity contribution >= 4 is 23.5 Å². The summed E-state index contributed by atoms with van der Waals surface area (Å²) in [5.74, 6) is -0.595. The highest BCUT2D eigenvalue weighted by Gasteiger charge is 2.28. The molecule has 1 aromatic rings. The molecule has 0 bridgehead atoms. The van der Waals surface area contributed by atoms with Crippen molar-refractivity contribution in [2.24, 2.45) is 0 Å². The Morgan fingerprint density at radius 2 is 1.93 bits per heavy atom. The molecule has 1 aliphatic heterocycles. The van der Waals surface area contributed by atoms with Crippen molar-refractivity contribution < 1.29 is 19.1 Å². The third kappa shape index (κ3) is 5.53. The smallest absolute Gasteiger partial charge is 0.307 e. The number of esters is 1. The number of nitrogens with one attached hydrogen (secondary N) is 2. The summed E-state index contributed by atoms with van der Waals surface area (Å²) in [5, 5.41) is 5.81. The third-order valence-corrected chi connectivity index (χ3v) is 5.08. The monoisotopic (exact) mass is 373 g/mol. The summed E-state index contributed by atoms with van der Waals surface area (Å²) in [7, 11) is 1.38. The second-order valence-corrected chi connectivity index (χ2v) is 7.24. The van der Waals surface area contributed by atoms with E-state index in [2.05, 4.69) is 10.6 Å². The number of methoxy groups -OCH3 is 1. The summed E-state index contributed by atoms with van der Waals surface area (Å²) >= 11 is 0. The quantitative estimate of drug-likeness (QED) is 0.713. The first kappa shape index (κ1) is 19.4. The molecule has 146 valence electrons. The number of nitrogens with zero attached hydrogens (tertiary/aromatic N) is 1. The molecule has 1 saturated heterocycles. The number of rotatable bonds is 7. The minimum Gasteiger partial charge on any atom is -0.469 e. The van der Waals surface area contributed by atoms with Gasteiger partial charge in [0.1, 0.15) is 0 Å². The summed E-state index contributed by atoms with van der Waals surface area (Å²) in [5.41, 5.74) is 0.990. The van der Waals surface area contributed by atoms with Gasteiger partial charge in [0.25, 0.3) is 5.91 Å². The zero-order valence-corrected chi connectivity index (χ0v) is 15.7. The van der Waals surface area contributed by atoms with Gasteiger partial charge < -0.3 is 15.4 Å². The van der Waals surface area contributed by atoms with E-state index in [0.29, 0.717) is 17.7 Å². The largest absolute Gasteiger partial charge is 0.469 e. The van der Waals surface area contributed by atoms with Gasteiger partial charge >= 0.3 is 5.97 Å². The van der Waals surface area contributed by atoms with Gasteiger partial charge in [0.05, 0.1) is 31.3 Å². The molecule has 1 aliphatic carbocycles. The Morgan fingerprint density at radius 1 is 1.15 bits per heavy atom. The van der Waals surface area contributed by atoms with Crippen molar-refractivity contribution in [1.82, 2.24) is 10.2 Å². The van der Waals surface area contributed by atoms with Gasteiger partial charge in [-0.05, 0) is 44.4 Å². The van der Waals surface area contributed by atoms with Crippen molar-refractivity contribution in [3.63, 3.8) is 0 Å². The Hall–Kier alpha value is -2.41. The topological polar surface area (TPSA) is 87.7 Å². The van der Waals surface area contributed by atoms with Gasteiger partial charge in [-0.1, -0.05) is 18.6 Å². The number of anilines is 1. The van der Waals surface area contributed by atoms with Crippen LogP contribution in [0.2, 0.25) is 0 Å². The van der Waals surface area contributed by atoms with E-state index in [1.807, 2.05) is 4.90 Å². The Bertz CT molecular complexity index is 702. The molecule has 0 unspecified atom stereocenters. The van der Waals surface area contributed by atoms with Crippen LogP contribution in [0, 0.1) is 0 Å². The van der Waals surface area contributed by atoms with E-state index in [1.54, 1.807) is 24.3 Å². The van der Waals surface area contributed by atoms with Crippen LogP contribution < -0.4 is 10.6 Å². The fraction of sp³-hybridized carbons (Fsp3) is 0.550. The first-order valence-electron chi connectivity index (χ1n) is 9.57. The van der Waals surface area contributed by atoms with Crippen LogP contribution in [0.25, 0.3) is 0 Å². The predicted octanol–water partition coefficient (Wildman–Crippen LogP) is 1.93. The number of carbonyl (C=O) groups excluding carboxylic acids is 3. The number of para-hydroxylation sites is 1. The lowest BCUT2D eigenvalue weighted by molar-refractivity contribution is -0.142. The van der Waals surface area contributed by atoms with Crippen LogP contribution >= 0.6 is 0 Å². The third-order valence-electron chi connectivity index (χ3n) is 5.08.